The van der Waals surface area contributed by atoms with Gasteiger partial charge in [0.25, 0.3) is 0 Å². The summed E-state index contributed by atoms with van der Waals surface area (Å²) in [4.78, 5) is 0. The van der Waals surface area contributed by atoms with Gasteiger partial charge < -0.3 is 5.32 Å². The van der Waals surface area contributed by atoms with Crippen LogP contribution in [-0.4, -0.2) is 12.6 Å². The minimum Gasteiger partial charge on any atom is -0.313 e. The van der Waals surface area contributed by atoms with Gasteiger partial charge in [0.05, 0.1) is 0 Å². The van der Waals surface area contributed by atoms with Crippen molar-refractivity contribution in [2.24, 2.45) is 11.8 Å². The molecule has 0 aliphatic heterocycles. The predicted molar refractivity (Wildman–Crippen MR) is 67.3 cm³/mol. The van der Waals surface area contributed by atoms with Crippen LogP contribution in [0.4, 0.5) is 4.39 Å². The van der Waals surface area contributed by atoms with Crippen LogP contribution in [0.5, 0.6) is 0 Å². The van der Waals surface area contributed by atoms with Crippen LogP contribution in [0, 0.1) is 17.7 Å². The summed E-state index contributed by atoms with van der Waals surface area (Å²) in [6.07, 6.45) is 6.43. The molecule has 92 valence electrons. The molecule has 0 aromatic heterocycles. The van der Waals surface area contributed by atoms with Crippen LogP contribution in [0.3, 0.4) is 0 Å². The number of hydrogen-bond acceptors (Lipinski definition) is 1. The van der Waals surface area contributed by atoms with E-state index in [1.807, 2.05) is 12.1 Å². The van der Waals surface area contributed by atoms with Crippen LogP contribution >= 0.6 is 0 Å². The lowest BCUT2D eigenvalue weighted by atomic mass is 9.95. The third-order valence-corrected chi connectivity index (χ3v) is 4.50. The highest BCUT2D eigenvalue weighted by molar-refractivity contribution is 5.17. The molecule has 0 radical (unpaired) electrons. The van der Waals surface area contributed by atoms with Gasteiger partial charge >= 0.3 is 0 Å². The van der Waals surface area contributed by atoms with E-state index in [9.17, 15) is 4.39 Å². The summed E-state index contributed by atoms with van der Waals surface area (Å²) in [5.74, 6) is 1.81. The Morgan fingerprint density at radius 1 is 1.18 bits per heavy atom. The fraction of sp³-hybridized carbons (Fsp3) is 0.600. The molecule has 0 amide bonds. The number of hydrogen-bond donors (Lipinski definition) is 1. The lowest BCUT2D eigenvalue weighted by Gasteiger charge is -2.23. The maximum absolute atomic E-state index is 13.4. The smallest absolute Gasteiger partial charge is 0.126 e. The van der Waals surface area contributed by atoms with E-state index in [1.54, 1.807) is 12.1 Å². The summed E-state index contributed by atoms with van der Waals surface area (Å²) in [6.45, 7) is 0.912. The first-order valence-electron chi connectivity index (χ1n) is 6.79. The van der Waals surface area contributed by atoms with Gasteiger partial charge in [-0.1, -0.05) is 24.6 Å². The minimum absolute atomic E-state index is 0.0674. The van der Waals surface area contributed by atoms with Crippen molar-refractivity contribution in [3.05, 3.63) is 35.6 Å². The van der Waals surface area contributed by atoms with E-state index >= 15 is 0 Å². The molecule has 3 atom stereocenters. The van der Waals surface area contributed by atoms with Crippen molar-refractivity contribution in [2.45, 2.75) is 38.1 Å². The average molecular weight is 233 g/mol. The first-order chi connectivity index (χ1) is 8.33. The Balaban J connectivity index is 1.48. The Kier molecular flexibility index (Phi) is 3.15. The van der Waals surface area contributed by atoms with Gasteiger partial charge in [-0.2, -0.15) is 0 Å². The van der Waals surface area contributed by atoms with Gasteiger partial charge in [0.15, 0.2) is 0 Å². The van der Waals surface area contributed by atoms with Crippen LogP contribution in [-0.2, 0) is 6.42 Å². The van der Waals surface area contributed by atoms with E-state index in [0.717, 1.165) is 30.4 Å². The van der Waals surface area contributed by atoms with Crippen molar-refractivity contribution >= 4 is 0 Å². The zero-order chi connectivity index (χ0) is 11.7. The molecule has 1 N–H and O–H groups in total. The molecule has 1 nitrogen and oxygen atoms in total. The number of rotatable bonds is 4. The van der Waals surface area contributed by atoms with Crippen molar-refractivity contribution in [1.29, 1.82) is 0 Å². The molecule has 2 bridgehead atoms. The van der Waals surface area contributed by atoms with Crippen molar-refractivity contribution in [2.75, 3.05) is 6.54 Å². The van der Waals surface area contributed by atoms with Crippen molar-refractivity contribution in [1.82, 2.24) is 5.32 Å². The van der Waals surface area contributed by atoms with Crippen molar-refractivity contribution in [3.63, 3.8) is 0 Å². The lowest BCUT2D eigenvalue weighted by Crippen LogP contribution is -2.35. The summed E-state index contributed by atoms with van der Waals surface area (Å²) in [5, 5.41) is 3.62. The topological polar surface area (TPSA) is 12.0 Å². The number of halogens is 1. The molecule has 2 saturated carbocycles. The fourth-order valence-electron chi connectivity index (χ4n) is 3.59. The van der Waals surface area contributed by atoms with E-state index in [2.05, 4.69) is 5.32 Å². The SMILES string of the molecule is Fc1ccccc1CCNC1CC2CCC1C2. The summed E-state index contributed by atoms with van der Waals surface area (Å²) in [6, 6.07) is 7.81. The van der Waals surface area contributed by atoms with Crippen LogP contribution in [0.1, 0.15) is 31.2 Å². The molecule has 1 aromatic carbocycles. The first-order valence-corrected chi connectivity index (χ1v) is 6.79. The second-order valence-electron chi connectivity index (χ2n) is 5.58. The van der Waals surface area contributed by atoms with Crippen LogP contribution in [0.15, 0.2) is 24.3 Å². The molecule has 2 heteroatoms. The van der Waals surface area contributed by atoms with E-state index in [0.29, 0.717) is 6.04 Å². The third kappa shape index (κ3) is 2.37. The highest BCUT2D eigenvalue weighted by Crippen LogP contribution is 2.44. The quantitative estimate of drug-likeness (QED) is 0.842. The van der Waals surface area contributed by atoms with E-state index in [4.69, 9.17) is 0 Å². The Labute approximate surface area is 102 Å². The maximum atomic E-state index is 13.4. The average Bonchev–Trinajstić information content (AvgIpc) is 2.94. The predicted octanol–water partition coefficient (Wildman–Crippen LogP) is 3.15. The monoisotopic (exact) mass is 233 g/mol. The van der Waals surface area contributed by atoms with Gasteiger partial charge in [-0.25, -0.2) is 4.39 Å². The van der Waals surface area contributed by atoms with Crippen LogP contribution < -0.4 is 5.32 Å². The molecule has 2 aliphatic rings. The Morgan fingerprint density at radius 2 is 2.06 bits per heavy atom. The number of benzene rings is 1. The molecule has 0 spiro atoms. The van der Waals surface area contributed by atoms with Crippen LogP contribution in [0.25, 0.3) is 0 Å². The van der Waals surface area contributed by atoms with Gasteiger partial charge in [-0.15, -0.1) is 0 Å². The summed E-state index contributed by atoms with van der Waals surface area (Å²) >= 11 is 0. The highest BCUT2D eigenvalue weighted by atomic mass is 19.1. The summed E-state index contributed by atoms with van der Waals surface area (Å²) in [5.41, 5.74) is 0.836. The molecule has 0 saturated heterocycles. The largest absolute Gasteiger partial charge is 0.313 e. The summed E-state index contributed by atoms with van der Waals surface area (Å²) < 4.78 is 13.4. The second-order valence-corrected chi connectivity index (χ2v) is 5.58. The first kappa shape index (κ1) is 11.2. The van der Waals surface area contributed by atoms with E-state index in [-0.39, 0.29) is 5.82 Å². The van der Waals surface area contributed by atoms with Gasteiger partial charge in [-0.3, -0.25) is 0 Å². The zero-order valence-electron chi connectivity index (χ0n) is 10.2. The summed E-state index contributed by atoms with van der Waals surface area (Å²) in [7, 11) is 0. The molecule has 3 rings (SSSR count). The standard InChI is InChI=1S/C15H20FN/c16-14-4-2-1-3-12(14)7-8-17-15-10-11-5-6-13(15)9-11/h1-4,11,13,15,17H,5-10H2. The Morgan fingerprint density at radius 3 is 2.76 bits per heavy atom. The van der Waals surface area contributed by atoms with Crippen LogP contribution in [0.2, 0.25) is 0 Å². The normalized spacial score (nSPS) is 31.0. The van der Waals surface area contributed by atoms with Crippen molar-refractivity contribution < 1.29 is 4.39 Å². The molecular weight excluding hydrogens is 213 g/mol. The molecule has 2 aliphatic carbocycles. The van der Waals surface area contributed by atoms with E-state index < -0.39 is 0 Å². The second kappa shape index (κ2) is 4.77. The third-order valence-electron chi connectivity index (χ3n) is 4.50. The van der Waals surface area contributed by atoms with Gasteiger partial charge in [-0.05, 0) is 55.7 Å². The van der Waals surface area contributed by atoms with E-state index in [1.165, 1.54) is 25.7 Å². The van der Waals surface area contributed by atoms with Gasteiger partial charge in [0, 0.05) is 6.04 Å². The Hall–Kier alpha value is -0.890. The van der Waals surface area contributed by atoms with Crippen molar-refractivity contribution in [3.8, 4) is 0 Å². The molecule has 3 unspecified atom stereocenters. The molecule has 1 aromatic rings. The molecular formula is C15H20FN. The number of fused-ring (bicyclic) bond motifs is 2. The zero-order valence-corrected chi connectivity index (χ0v) is 10.2. The molecule has 17 heavy (non-hydrogen) atoms. The maximum Gasteiger partial charge on any atom is 0.126 e. The Bertz CT molecular complexity index is 390. The number of nitrogens with one attached hydrogen (secondary N) is 1. The van der Waals surface area contributed by atoms with Gasteiger partial charge in [0.1, 0.15) is 5.82 Å². The molecule has 0 heterocycles. The minimum atomic E-state index is -0.0674. The highest BCUT2D eigenvalue weighted by Gasteiger charge is 2.38. The van der Waals surface area contributed by atoms with Gasteiger partial charge in [0.2, 0.25) is 0 Å². The lowest BCUT2D eigenvalue weighted by molar-refractivity contribution is 0.353. The fourth-order valence-corrected chi connectivity index (χ4v) is 3.59. The molecule has 2 fully saturated rings.